The van der Waals surface area contributed by atoms with Crippen molar-refractivity contribution in [3.05, 3.63) is 28.2 Å². The van der Waals surface area contributed by atoms with Gasteiger partial charge in [0.05, 0.1) is 8.68 Å². The molecule has 0 unspecified atom stereocenters. The number of halogens is 1. The lowest BCUT2D eigenvalue weighted by Gasteiger charge is -1.93. The molecule has 0 atom stereocenters. The summed E-state index contributed by atoms with van der Waals surface area (Å²) in [5, 5.41) is 0.965. The molecule has 13 heavy (non-hydrogen) atoms. The Morgan fingerprint density at radius 3 is 2.92 bits per heavy atom. The summed E-state index contributed by atoms with van der Waals surface area (Å²) in [7, 11) is 0. The van der Waals surface area contributed by atoms with Crippen LogP contribution in [0.5, 0.6) is 0 Å². The Balaban J connectivity index is 2.94. The standard InChI is InChI=1S/C9H5BrOS2/c10-8-7-5(4-11)2-1-3-6(7)13-9(8)12/h1-4,12H. The molecule has 0 aliphatic carbocycles. The molecule has 1 heterocycles. The second-order valence-electron chi connectivity index (χ2n) is 2.56. The van der Waals surface area contributed by atoms with Crippen LogP contribution in [-0.2, 0) is 0 Å². The van der Waals surface area contributed by atoms with Crippen LogP contribution in [0, 0.1) is 0 Å². The van der Waals surface area contributed by atoms with E-state index in [1.165, 1.54) is 0 Å². The number of thiol groups is 1. The number of thiophene rings is 1. The van der Waals surface area contributed by atoms with Crippen molar-refractivity contribution in [3.8, 4) is 0 Å². The largest absolute Gasteiger partial charge is 0.298 e. The van der Waals surface area contributed by atoms with Gasteiger partial charge < -0.3 is 0 Å². The maximum Gasteiger partial charge on any atom is 0.150 e. The van der Waals surface area contributed by atoms with Gasteiger partial charge in [-0.25, -0.2) is 0 Å². The number of fused-ring (bicyclic) bond motifs is 1. The summed E-state index contributed by atoms with van der Waals surface area (Å²) in [6.07, 6.45) is 0.868. The number of carbonyl (C=O) groups is 1. The lowest BCUT2D eigenvalue weighted by Crippen LogP contribution is -1.79. The number of benzene rings is 1. The quantitative estimate of drug-likeness (QED) is 0.618. The molecule has 0 saturated heterocycles. The molecule has 0 fully saturated rings. The molecule has 0 aliphatic heterocycles. The molecule has 2 aromatic rings. The molecule has 1 aromatic carbocycles. The molecule has 0 N–H and O–H groups in total. The SMILES string of the molecule is O=Cc1cccc2sc(S)c(Br)c12. The van der Waals surface area contributed by atoms with Crippen molar-refractivity contribution in [3.63, 3.8) is 0 Å². The monoisotopic (exact) mass is 272 g/mol. The first-order valence-corrected chi connectivity index (χ1v) is 5.65. The average molecular weight is 273 g/mol. The van der Waals surface area contributed by atoms with Gasteiger partial charge in [-0.2, -0.15) is 0 Å². The summed E-state index contributed by atoms with van der Waals surface area (Å²) < 4.78 is 2.91. The van der Waals surface area contributed by atoms with Crippen molar-refractivity contribution in [1.29, 1.82) is 0 Å². The Morgan fingerprint density at radius 2 is 2.23 bits per heavy atom. The highest BCUT2D eigenvalue weighted by atomic mass is 79.9. The lowest BCUT2D eigenvalue weighted by atomic mass is 10.1. The molecule has 66 valence electrons. The first kappa shape index (κ1) is 9.24. The van der Waals surface area contributed by atoms with Crippen LogP contribution < -0.4 is 0 Å². The minimum atomic E-state index is 0.709. The molecule has 1 aromatic heterocycles. The van der Waals surface area contributed by atoms with Crippen LogP contribution in [0.1, 0.15) is 10.4 Å². The molecule has 0 saturated carbocycles. The Kier molecular flexibility index (Phi) is 2.45. The van der Waals surface area contributed by atoms with Gasteiger partial charge in [-0.1, -0.05) is 12.1 Å². The third kappa shape index (κ3) is 1.43. The smallest absolute Gasteiger partial charge is 0.150 e. The summed E-state index contributed by atoms with van der Waals surface area (Å²) in [6, 6.07) is 5.67. The highest BCUT2D eigenvalue weighted by Gasteiger charge is 2.09. The summed E-state index contributed by atoms with van der Waals surface area (Å²) in [5.41, 5.74) is 0.709. The lowest BCUT2D eigenvalue weighted by molar-refractivity contribution is 0.112. The highest BCUT2D eigenvalue weighted by Crippen LogP contribution is 2.39. The van der Waals surface area contributed by atoms with E-state index in [0.717, 1.165) is 25.1 Å². The predicted octanol–water partition coefficient (Wildman–Crippen LogP) is 3.77. The minimum Gasteiger partial charge on any atom is -0.298 e. The van der Waals surface area contributed by atoms with Gasteiger partial charge in [-0.15, -0.1) is 24.0 Å². The molecule has 2 rings (SSSR count). The van der Waals surface area contributed by atoms with Gasteiger partial charge >= 0.3 is 0 Å². The Morgan fingerprint density at radius 1 is 1.46 bits per heavy atom. The van der Waals surface area contributed by atoms with Crippen molar-refractivity contribution in [2.45, 2.75) is 4.21 Å². The second kappa shape index (κ2) is 3.44. The zero-order valence-electron chi connectivity index (χ0n) is 6.45. The highest BCUT2D eigenvalue weighted by molar-refractivity contribution is 9.10. The molecule has 0 bridgehead atoms. The van der Waals surface area contributed by atoms with Crippen LogP contribution in [-0.4, -0.2) is 6.29 Å². The van der Waals surface area contributed by atoms with Gasteiger partial charge in [-0.3, -0.25) is 4.79 Å². The zero-order valence-corrected chi connectivity index (χ0v) is 9.75. The van der Waals surface area contributed by atoms with Gasteiger partial charge in [0.25, 0.3) is 0 Å². The summed E-state index contributed by atoms with van der Waals surface area (Å²) in [4.78, 5) is 10.7. The number of hydrogen-bond donors (Lipinski definition) is 1. The van der Waals surface area contributed by atoms with Crippen LogP contribution in [0.2, 0.25) is 0 Å². The fraction of sp³-hybridized carbons (Fsp3) is 0. The van der Waals surface area contributed by atoms with E-state index < -0.39 is 0 Å². The van der Waals surface area contributed by atoms with Crippen molar-refractivity contribution >= 4 is 56.3 Å². The van der Waals surface area contributed by atoms with E-state index in [1.54, 1.807) is 17.4 Å². The number of hydrogen-bond acceptors (Lipinski definition) is 3. The maximum atomic E-state index is 10.7. The number of carbonyl (C=O) groups excluding carboxylic acids is 1. The van der Waals surface area contributed by atoms with Gasteiger partial charge in [0, 0.05) is 15.6 Å². The van der Waals surface area contributed by atoms with Crippen molar-refractivity contribution in [2.24, 2.45) is 0 Å². The molecule has 0 aliphatic rings. The van der Waals surface area contributed by atoms with E-state index in [9.17, 15) is 4.79 Å². The minimum absolute atomic E-state index is 0.709. The van der Waals surface area contributed by atoms with Crippen LogP contribution in [0.4, 0.5) is 0 Å². The fourth-order valence-electron chi connectivity index (χ4n) is 1.22. The summed E-state index contributed by atoms with van der Waals surface area (Å²) in [5.74, 6) is 0. The third-order valence-corrected chi connectivity index (χ3v) is 4.62. The molecular formula is C9H5BrOS2. The van der Waals surface area contributed by atoms with Gasteiger partial charge in [0.2, 0.25) is 0 Å². The van der Waals surface area contributed by atoms with Crippen LogP contribution in [0.15, 0.2) is 26.9 Å². The van der Waals surface area contributed by atoms with Crippen LogP contribution in [0.25, 0.3) is 10.1 Å². The average Bonchev–Trinajstić information content (AvgIpc) is 2.43. The molecule has 0 amide bonds. The molecular weight excluding hydrogens is 268 g/mol. The predicted molar refractivity (Wildman–Crippen MR) is 62.2 cm³/mol. The van der Waals surface area contributed by atoms with E-state index >= 15 is 0 Å². The number of rotatable bonds is 1. The maximum absolute atomic E-state index is 10.7. The Labute approximate surface area is 93.3 Å². The van der Waals surface area contributed by atoms with E-state index in [-0.39, 0.29) is 0 Å². The van der Waals surface area contributed by atoms with Crippen molar-refractivity contribution < 1.29 is 4.79 Å². The first-order chi connectivity index (χ1) is 6.24. The van der Waals surface area contributed by atoms with Crippen molar-refractivity contribution in [1.82, 2.24) is 0 Å². The van der Waals surface area contributed by atoms with E-state index in [2.05, 4.69) is 28.6 Å². The van der Waals surface area contributed by atoms with E-state index in [1.807, 2.05) is 12.1 Å². The van der Waals surface area contributed by atoms with E-state index in [0.29, 0.717) is 5.56 Å². The van der Waals surface area contributed by atoms with Gasteiger partial charge in [-0.05, 0) is 22.0 Å². The third-order valence-electron chi connectivity index (χ3n) is 1.80. The Bertz CT molecular complexity index is 476. The van der Waals surface area contributed by atoms with Crippen molar-refractivity contribution in [2.75, 3.05) is 0 Å². The van der Waals surface area contributed by atoms with Crippen LogP contribution >= 0.6 is 39.9 Å². The number of aldehydes is 1. The molecule has 4 heteroatoms. The second-order valence-corrected chi connectivity index (χ2v) is 5.15. The molecule has 0 spiro atoms. The zero-order chi connectivity index (χ0) is 9.42. The topological polar surface area (TPSA) is 17.1 Å². The van der Waals surface area contributed by atoms with E-state index in [4.69, 9.17) is 0 Å². The fourth-order valence-corrected chi connectivity index (χ4v) is 3.31. The van der Waals surface area contributed by atoms with Gasteiger partial charge in [0.15, 0.2) is 6.29 Å². The molecule has 0 radical (unpaired) electrons. The normalized spacial score (nSPS) is 10.6. The Hall–Kier alpha value is -0.320. The molecule has 1 nitrogen and oxygen atoms in total. The van der Waals surface area contributed by atoms with Crippen LogP contribution in [0.3, 0.4) is 0 Å². The summed E-state index contributed by atoms with van der Waals surface area (Å²) in [6.45, 7) is 0. The first-order valence-electron chi connectivity index (χ1n) is 3.59. The van der Waals surface area contributed by atoms with Gasteiger partial charge in [0.1, 0.15) is 0 Å². The summed E-state index contributed by atoms with van der Waals surface area (Å²) >= 11 is 9.28.